The Balaban J connectivity index is 1.92. The van der Waals surface area contributed by atoms with Crippen molar-refractivity contribution in [2.45, 2.75) is 25.5 Å². The molecule has 0 radical (unpaired) electrons. The minimum atomic E-state index is -0.00402. The molecule has 1 fully saturated rings. The molecular formula is C16H16N4O. The number of pyridine rings is 2. The van der Waals surface area contributed by atoms with Crippen molar-refractivity contribution in [2.24, 2.45) is 0 Å². The fraction of sp³-hybridized carbons (Fsp3) is 0.312. The third-order valence-electron chi connectivity index (χ3n) is 3.79. The summed E-state index contributed by atoms with van der Waals surface area (Å²) in [5, 5.41) is 0. The van der Waals surface area contributed by atoms with Gasteiger partial charge in [0.1, 0.15) is 17.4 Å². The topological polar surface area (TPSA) is 52.8 Å². The lowest BCUT2D eigenvalue weighted by Crippen LogP contribution is -2.19. The Morgan fingerprint density at radius 3 is 2.81 bits per heavy atom. The molecule has 0 bridgehead atoms. The lowest BCUT2D eigenvalue weighted by molar-refractivity contribution is -0.0288. The third-order valence-corrected chi connectivity index (χ3v) is 3.79. The second-order valence-corrected chi connectivity index (χ2v) is 5.19. The van der Waals surface area contributed by atoms with Crippen LogP contribution in [-0.4, -0.2) is 26.1 Å². The summed E-state index contributed by atoms with van der Waals surface area (Å²) in [4.78, 5) is 13.6. The molecule has 0 saturated carbocycles. The normalized spacial score (nSPS) is 19.0. The Labute approximate surface area is 122 Å². The fourth-order valence-corrected chi connectivity index (χ4v) is 2.81. The van der Waals surface area contributed by atoms with E-state index in [4.69, 9.17) is 9.72 Å². The standard InChI is InChI=1S/C16H16N4O/c1-3-9-17-12(6-1)16-19-13-7-5-10-18-15(13)20(16)14-8-2-4-11-21-14/h1,3,5-7,9-10,14H,2,4,8,11H2. The SMILES string of the molecule is c1ccc(-c2nc3cccnc3n2C2CCCCO2)nc1. The van der Waals surface area contributed by atoms with Crippen molar-refractivity contribution in [1.82, 2.24) is 19.5 Å². The van der Waals surface area contributed by atoms with E-state index in [1.807, 2.05) is 30.3 Å². The van der Waals surface area contributed by atoms with Crippen molar-refractivity contribution < 1.29 is 4.74 Å². The molecule has 1 aliphatic rings. The molecule has 106 valence electrons. The summed E-state index contributed by atoms with van der Waals surface area (Å²) in [5.41, 5.74) is 2.60. The summed E-state index contributed by atoms with van der Waals surface area (Å²) in [6.07, 6.45) is 6.85. The highest BCUT2D eigenvalue weighted by molar-refractivity contribution is 5.76. The highest BCUT2D eigenvalue weighted by Gasteiger charge is 2.23. The van der Waals surface area contributed by atoms with Crippen molar-refractivity contribution in [3.63, 3.8) is 0 Å². The van der Waals surface area contributed by atoms with Crippen molar-refractivity contribution in [1.29, 1.82) is 0 Å². The number of rotatable bonds is 2. The van der Waals surface area contributed by atoms with E-state index in [1.54, 1.807) is 12.4 Å². The summed E-state index contributed by atoms with van der Waals surface area (Å²) >= 11 is 0. The molecular weight excluding hydrogens is 264 g/mol. The highest BCUT2D eigenvalue weighted by Crippen LogP contribution is 2.31. The average molecular weight is 280 g/mol. The number of aromatic nitrogens is 4. The first-order chi connectivity index (χ1) is 10.4. The minimum absolute atomic E-state index is 0.00402. The van der Waals surface area contributed by atoms with Crippen LogP contribution in [-0.2, 0) is 4.74 Å². The first-order valence-electron chi connectivity index (χ1n) is 7.29. The number of hydrogen-bond donors (Lipinski definition) is 0. The average Bonchev–Trinajstić information content (AvgIpc) is 2.96. The van der Waals surface area contributed by atoms with E-state index in [1.165, 1.54) is 6.42 Å². The Morgan fingerprint density at radius 2 is 2.00 bits per heavy atom. The maximum atomic E-state index is 5.95. The van der Waals surface area contributed by atoms with Crippen LogP contribution in [0.4, 0.5) is 0 Å². The van der Waals surface area contributed by atoms with Gasteiger partial charge in [0, 0.05) is 19.0 Å². The molecule has 1 atom stereocenters. The van der Waals surface area contributed by atoms with Crippen LogP contribution in [0.25, 0.3) is 22.7 Å². The van der Waals surface area contributed by atoms with Crippen molar-refractivity contribution in [3.8, 4) is 11.5 Å². The third kappa shape index (κ3) is 2.19. The second-order valence-electron chi connectivity index (χ2n) is 5.19. The van der Waals surface area contributed by atoms with E-state index in [0.717, 1.165) is 42.1 Å². The van der Waals surface area contributed by atoms with Crippen LogP contribution in [0.2, 0.25) is 0 Å². The lowest BCUT2D eigenvalue weighted by Gasteiger charge is -2.25. The minimum Gasteiger partial charge on any atom is -0.358 e. The maximum absolute atomic E-state index is 5.95. The van der Waals surface area contributed by atoms with E-state index in [0.29, 0.717) is 0 Å². The summed E-state index contributed by atoms with van der Waals surface area (Å²) < 4.78 is 8.04. The largest absolute Gasteiger partial charge is 0.358 e. The predicted octanol–water partition coefficient (Wildman–Crippen LogP) is 3.19. The Kier molecular flexibility index (Phi) is 3.12. The van der Waals surface area contributed by atoms with Gasteiger partial charge in [-0.2, -0.15) is 0 Å². The molecule has 3 aromatic heterocycles. The molecule has 0 aliphatic carbocycles. The predicted molar refractivity (Wildman–Crippen MR) is 79.6 cm³/mol. The first-order valence-corrected chi connectivity index (χ1v) is 7.29. The quantitative estimate of drug-likeness (QED) is 0.723. The molecule has 1 saturated heterocycles. The number of hydrogen-bond acceptors (Lipinski definition) is 4. The molecule has 0 N–H and O–H groups in total. The molecule has 5 heteroatoms. The van der Waals surface area contributed by atoms with Gasteiger partial charge in [-0.3, -0.25) is 9.55 Å². The molecule has 1 unspecified atom stereocenters. The Hall–Kier alpha value is -2.27. The van der Waals surface area contributed by atoms with Crippen molar-refractivity contribution in [2.75, 3.05) is 6.61 Å². The van der Waals surface area contributed by atoms with Gasteiger partial charge in [0.15, 0.2) is 11.5 Å². The van der Waals surface area contributed by atoms with Gasteiger partial charge >= 0.3 is 0 Å². The van der Waals surface area contributed by atoms with Crippen LogP contribution >= 0.6 is 0 Å². The lowest BCUT2D eigenvalue weighted by atomic mass is 10.2. The van der Waals surface area contributed by atoms with Crippen LogP contribution in [0.15, 0.2) is 42.7 Å². The van der Waals surface area contributed by atoms with Crippen molar-refractivity contribution >= 4 is 11.2 Å². The monoisotopic (exact) mass is 280 g/mol. The summed E-state index contributed by atoms with van der Waals surface area (Å²) in [5.74, 6) is 0.830. The highest BCUT2D eigenvalue weighted by atomic mass is 16.5. The Morgan fingerprint density at radius 1 is 1.05 bits per heavy atom. The molecule has 1 aliphatic heterocycles. The molecule has 4 rings (SSSR count). The second kappa shape index (κ2) is 5.26. The smallest absolute Gasteiger partial charge is 0.163 e. The van der Waals surface area contributed by atoms with E-state index in [9.17, 15) is 0 Å². The molecule has 0 amide bonds. The van der Waals surface area contributed by atoms with Gasteiger partial charge in [0.05, 0.1) is 0 Å². The molecule has 3 aromatic rings. The fourth-order valence-electron chi connectivity index (χ4n) is 2.81. The number of nitrogens with zero attached hydrogens (tertiary/aromatic N) is 4. The molecule has 5 nitrogen and oxygen atoms in total. The van der Waals surface area contributed by atoms with Crippen LogP contribution in [0.3, 0.4) is 0 Å². The first kappa shape index (κ1) is 12.5. The van der Waals surface area contributed by atoms with Crippen LogP contribution in [0.1, 0.15) is 25.5 Å². The van der Waals surface area contributed by atoms with E-state index >= 15 is 0 Å². The molecule has 0 aromatic carbocycles. The van der Waals surface area contributed by atoms with E-state index < -0.39 is 0 Å². The number of imidazole rings is 1. The summed E-state index contributed by atoms with van der Waals surface area (Å²) in [7, 11) is 0. The number of ether oxygens (including phenoxy) is 1. The summed E-state index contributed by atoms with van der Waals surface area (Å²) in [6.45, 7) is 0.791. The van der Waals surface area contributed by atoms with Gasteiger partial charge in [-0.05, 0) is 43.5 Å². The molecule has 21 heavy (non-hydrogen) atoms. The van der Waals surface area contributed by atoms with E-state index in [2.05, 4.69) is 14.5 Å². The van der Waals surface area contributed by atoms with Crippen LogP contribution < -0.4 is 0 Å². The van der Waals surface area contributed by atoms with Gasteiger partial charge in [0.2, 0.25) is 0 Å². The van der Waals surface area contributed by atoms with Crippen LogP contribution in [0.5, 0.6) is 0 Å². The zero-order valence-electron chi connectivity index (χ0n) is 11.6. The zero-order valence-corrected chi connectivity index (χ0v) is 11.6. The molecule has 4 heterocycles. The zero-order chi connectivity index (χ0) is 14.1. The van der Waals surface area contributed by atoms with Crippen LogP contribution in [0, 0.1) is 0 Å². The number of fused-ring (bicyclic) bond motifs is 1. The van der Waals surface area contributed by atoms with Gasteiger partial charge in [-0.25, -0.2) is 9.97 Å². The maximum Gasteiger partial charge on any atom is 0.163 e. The van der Waals surface area contributed by atoms with Gasteiger partial charge < -0.3 is 4.74 Å². The van der Waals surface area contributed by atoms with Gasteiger partial charge in [-0.1, -0.05) is 6.07 Å². The molecule has 0 spiro atoms. The van der Waals surface area contributed by atoms with Crippen molar-refractivity contribution in [3.05, 3.63) is 42.7 Å². The van der Waals surface area contributed by atoms with Gasteiger partial charge in [0.25, 0.3) is 0 Å². The Bertz CT molecular complexity index is 747. The summed E-state index contributed by atoms with van der Waals surface area (Å²) in [6, 6.07) is 9.74. The van der Waals surface area contributed by atoms with Gasteiger partial charge in [-0.15, -0.1) is 0 Å². The van der Waals surface area contributed by atoms with E-state index in [-0.39, 0.29) is 6.23 Å².